The molecule has 59 heavy (non-hydrogen) atoms. The predicted molar refractivity (Wildman–Crippen MR) is 221 cm³/mol. The molecule has 5 aliphatic heterocycles. The van der Waals surface area contributed by atoms with E-state index >= 15 is 0 Å². The van der Waals surface area contributed by atoms with Crippen molar-refractivity contribution in [3.05, 3.63) is 98.9 Å². The van der Waals surface area contributed by atoms with Gasteiger partial charge in [0.1, 0.15) is 5.78 Å². The van der Waals surface area contributed by atoms with E-state index < -0.39 is 23.6 Å². The Hall–Kier alpha value is -5.58. The molecule has 5 heterocycles. The first kappa shape index (κ1) is 38.9. The number of hydrogen-bond donors (Lipinski definition) is 0. The Bertz CT molecular complexity index is 2280. The van der Waals surface area contributed by atoms with Gasteiger partial charge in [0, 0.05) is 93.3 Å². The lowest BCUT2D eigenvalue weighted by atomic mass is 9.76. The highest BCUT2D eigenvalue weighted by molar-refractivity contribution is 6.33. The summed E-state index contributed by atoms with van der Waals surface area (Å²) in [6.07, 6.45) is 3.35. The first-order valence-electron chi connectivity index (χ1n) is 20.6. The second kappa shape index (κ2) is 15.2. The Kier molecular flexibility index (Phi) is 10.0. The quantitative estimate of drug-likeness (QED) is 0.184. The molecule has 0 radical (unpaired) electrons. The number of hydrogen-bond acceptors (Lipinski definition) is 9. The third-order valence-electron chi connectivity index (χ3n) is 13.5. The van der Waals surface area contributed by atoms with Crippen molar-refractivity contribution >= 4 is 63.9 Å². The van der Waals surface area contributed by atoms with Gasteiger partial charge in [0.25, 0.3) is 17.7 Å². The van der Waals surface area contributed by atoms with Gasteiger partial charge in [-0.15, -0.1) is 0 Å². The highest BCUT2D eigenvalue weighted by atomic mass is 35.5. The first-order chi connectivity index (χ1) is 28.4. The molecule has 1 spiro atoms. The Balaban J connectivity index is 0.739. The minimum absolute atomic E-state index is 0.0169. The van der Waals surface area contributed by atoms with Crippen molar-refractivity contribution in [1.82, 2.24) is 19.6 Å². The smallest absolute Gasteiger partial charge is 0.262 e. The number of Topliss-reactive ketones (excluding diaryl/α,β-unsaturated/α-hetero) is 2. The average Bonchev–Trinajstić information content (AvgIpc) is 3.88. The number of piperazine rings is 1. The molecule has 9 rings (SSSR count). The zero-order chi connectivity index (χ0) is 41.2. The van der Waals surface area contributed by atoms with E-state index in [-0.39, 0.29) is 59.9 Å². The van der Waals surface area contributed by atoms with E-state index in [2.05, 4.69) is 38.6 Å². The number of anilines is 2. The molecule has 3 saturated heterocycles. The van der Waals surface area contributed by atoms with Crippen molar-refractivity contribution in [3.8, 4) is 0 Å². The van der Waals surface area contributed by atoms with Gasteiger partial charge in [-0.3, -0.25) is 38.6 Å². The number of amides is 4. The number of rotatable bonds is 6. The summed E-state index contributed by atoms with van der Waals surface area (Å²) < 4.78 is 0. The number of benzene rings is 3. The number of carbonyl (C=O) groups is 6. The molecule has 14 heteroatoms. The molecule has 0 bridgehead atoms. The molecule has 1 saturated carbocycles. The summed E-state index contributed by atoms with van der Waals surface area (Å²) in [5, 5.41) is 0.500. The molecule has 6 aliphatic rings. The third-order valence-corrected chi connectivity index (χ3v) is 13.8. The normalized spacial score (nSPS) is 23.0. The van der Waals surface area contributed by atoms with Gasteiger partial charge in [-0.05, 0) is 97.7 Å². The van der Waals surface area contributed by atoms with E-state index in [4.69, 9.17) is 18.2 Å². The zero-order valence-corrected chi connectivity index (χ0v) is 33.9. The number of fused-ring (bicyclic) bond motifs is 2. The van der Waals surface area contributed by atoms with E-state index in [1.165, 1.54) is 0 Å². The lowest BCUT2D eigenvalue weighted by Gasteiger charge is -2.40. The van der Waals surface area contributed by atoms with Gasteiger partial charge in [-0.25, -0.2) is 4.85 Å². The van der Waals surface area contributed by atoms with Crippen molar-refractivity contribution in [1.29, 1.82) is 0 Å². The number of nitrogens with zero attached hydrogens (tertiary/aromatic N) is 7. The van der Waals surface area contributed by atoms with Crippen LogP contribution in [0.2, 0.25) is 5.02 Å². The van der Waals surface area contributed by atoms with Crippen LogP contribution in [0.5, 0.6) is 0 Å². The van der Waals surface area contributed by atoms with Crippen LogP contribution in [0.4, 0.5) is 17.1 Å². The van der Waals surface area contributed by atoms with E-state index in [1.54, 1.807) is 17.0 Å². The monoisotopic (exact) mass is 815 g/mol. The maximum atomic E-state index is 13.5. The van der Waals surface area contributed by atoms with Gasteiger partial charge in [-0.1, -0.05) is 17.7 Å². The van der Waals surface area contributed by atoms with Gasteiger partial charge in [0.2, 0.25) is 11.6 Å². The summed E-state index contributed by atoms with van der Waals surface area (Å²) in [6, 6.07) is 16.5. The fourth-order valence-electron chi connectivity index (χ4n) is 10.2. The number of carbonyl (C=O) groups excluding carboxylic acids is 6. The van der Waals surface area contributed by atoms with Crippen LogP contribution < -0.4 is 9.80 Å². The summed E-state index contributed by atoms with van der Waals surface area (Å²) in [6.45, 7) is 15.5. The molecule has 3 aromatic carbocycles. The summed E-state index contributed by atoms with van der Waals surface area (Å²) in [7, 11) is 0. The molecular formula is C45H46ClN7O6. The molecule has 1 aliphatic carbocycles. The number of ketones is 2. The molecule has 2 atom stereocenters. The van der Waals surface area contributed by atoms with E-state index in [0.29, 0.717) is 61.6 Å². The van der Waals surface area contributed by atoms with Crippen LogP contribution in [0.3, 0.4) is 0 Å². The SMILES string of the molecule is [C-]#[N+]c1ccc(N2CC3(CCN(c4ccc(C(=O)N5CCN(CC(=O)N6Cc7cc8c(cc7C6)C(=O)N(C6CCC(=O)CC6=O)C8=O)CC5)cc4)CC3)C[C@@H]2C)cc1Cl. The Morgan fingerprint density at radius 1 is 0.831 bits per heavy atom. The molecule has 304 valence electrons. The van der Waals surface area contributed by atoms with Crippen molar-refractivity contribution in [2.75, 3.05) is 62.2 Å². The molecule has 0 N–H and O–H groups in total. The largest absolute Gasteiger partial charge is 0.371 e. The van der Waals surface area contributed by atoms with Crippen molar-refractivity contribution in [2.45, 2.75) is 70.6 Å². The fraction of sp³-hybridized carbons (Fsp3) is 0.444. The molecule has 4 fully saturated rings. The van der Waals surface area contributed by atoms with Gasteiger partial charge in [0.15, 0.2) is 5.78 Å². The average molecular weight is 816 g/mol. The zero-order valence-electron chi connectivity index (χ0n) is 33.1. The van der Waals surface area contributed by atoms with E-state index in [0.717, 1.165) is 66.3 Å². The predicted octanol–water partition coefficient (Wildman–Crippen LogP) is 5.36. The van der Waals surface area contributed by atoms with Gasteiger partial charge in [-0.2, -0.15) is 0 Å². The highest BCUT2D eigenvalue weighted by Gasteiger charge is 2.46. The Labute approximate surface area is 348 Å². The van der Waals surface area contributed by atoms with Crippen LogP contribution >= 0.6 is 11.6 Å². The molecule has 4 amide bonds. The van der Waals surface area contributed by atoms with Gasteiger partial charge in [0.05, 0.1) is 36.7 Å². The lowest BCUT2D eigenvalue weighted by molar-refractivity contribution is -0.134. The molecule has 1 unspecified atom stereocenters. The summed E-state index contributed by atoms with van der Waals surface area (Å²) in [5.41, 5.74) is 5.65. The van der Waals surface area contributed by atoms with Crippen LogP contribution in [0, 0.1) is 12.0 Å². The van der Waals surface area contributed by atoms with Crippen molar-refractivity contribution in [2.24, 2.45) is 5.41 Å². The van der Waals surface area contributed by atoms with E-state index in [9.17, 15) is 28.8 Å². The molecule has 13 nitrogen and oxygen atoms in total. The second-order valence-electron chi connectivity index (χ2n) is 17.2. The lowest BCUT2D eigenvalue weighted by Crippen LogP contribution is -2.51. The number of imide groups is 1. The standard InChI is InChI=1S/C45H46ClN7O6/c1-28-23-45(27-52(28)33-7-9-38(47-2)37(46)21-33)11-13-49(14-12-45)32-5-3-29(4-6-32)42(57)50-17-15-48(16-18-50)26-41(56)51-24-30-19-35-36(20-31(30)25-51)44(59)53(43(35)58)39-10-8-34(54)22-40(39)55/h3-7,9,19-21,28,39H,8,10-18,22-27H2,1H3/t28-,39?/m0/s1. The number of piperidine rings is 1. The Morgan fingerprint density at radius 2 is 1.47 bits per heavy atom. The van der Waals surface area contributed by atoms with Crippen LogP contribution in [0.25, 0.3) is 4.85 Å². The summed E-state index contributed by atoms with van der Waals surface area (Å²) in [4.78, 5) is 92.9. The van der Waals surface area contributed by atoms with Crippen LogP contribution in [0.1, 0.15) is 87.6 Å². The van der Waals surface area contributed by atoms with Crippen molar-refractivity contribution in [3.63, 3.8) is 0 Å². The van der Waals surface area contributed by atoms with Gasteiger partial charge < -0.3 is 19.6 Å². The Morgan fingerprint density at radius 3 is 2.08 bits per heavy atom. The van der Waals surface area contributed by atoms with Crippen molar-refractivity contribution < 1.29 is 28.8 Å². The minimum Gasteiger partial charge on any atom is -0.371 e. The van der Waals surface area contributed by atoms with E-state index in [1.807, 2.05) is 35.2 Å². The molecule has 0 aromatic heterocycles. The first-order valence-corrected chi connectivity index (χ1v) is 20.9. The topological polar surface area (TPSA) is 126 Å². The van der Waals surface area contributed by atoms with Crippen LogP contribution in [-0.2, 0) is 27.5 Å². The second-order valence-corrected chi connectivity index (χ2v) is 17.6. The number of halogens is 1. The molecule has 3 aromatic rings. The summed E-state index contributed by atoms with van der Waals surface area (Å²) >= 11 is 6.38. The maximum Gasteiger partial charge on any atom is 0.262 e. The molecular weight excluding hydrogens is 770 g/mol. The van der Waals surface area contributed by atoms with Gasteiger partial charge >= 0.3 is 0 Å². The van der Waals surface area contributed by atoms with Crippen LogP contribution in [0.15, 0.2) is 54.6 Å². The highest BCUT2D eigenvalue weighted by Crippen LogP contribution is 2.46. The third kappa shape index (κ3) is 7.16. The fourth-order valence-corrected chi connectivity index (χ4v) is 10.4. The maximum absolute atomic E-state index is 13.5. The van der Waals surface area contributed by atoms with Crippen LogP contribution in [-0.4, -0.2) is 119 Å². The minimum atomic E-state index is -0.914. The summed E-state index contributed by atoms with van der Waals surface area (Å²) in [5.74, 6) is -1.70.